The maximum Gasteiger partial charge on any atom is 0.0645 e. The van der Waals surface area contributed by atoms with Crippen molar-refractivity contribution in [3.05, 3.63) is 0 Å². The number of aliphatic hydroxyl groups is 1. The standard InChI is InChI=1S/C14H26O/c1-2-14(15)10-8-13(9-11-14)12-6-4-3-5-7-12/h12-13,15H,2-11H2,1H3. The van der Waals surface area contributed by atoms with E-state index in [1.165, 1.54) is 44.9 Å². The van der Waals surface area contributed by atoms with Gasteiger partial charge < -0.3 is 5.11 Å². The molecule has 0 spiro atoms. The topological polar surface area (TPSA) is 20.2 Å². The minimum absolute atomic E-state index is 0.300. The minimum Gasteiger partial charge on any atom is -0.390 e. The minimum atomic E-state index is -0.300. The van der Waals surface area contributed by atoms with Crippen LogP contribution in [0.5, 0.6) is 0 Å². The van der Waals surface area contributed by atoms with Crippen molar-refractivity contribution in [1.29, 1.82) is 0 Å². The van der Waals surface area contributed by atoms with Crippen LogP contribution in [0, 0.1) is 11.8 Å². The first kappa shape index (κ1) is 11.4. The summed E-state index contributed by atoms with van der Waals surface area (Å²) in [6, 6.07) is 0. The Bertz CT molecular complexity index is 186. The SMILES string of the molecule is CCC1(O)CCC(C2CCCCC2)CC1. The van der Waals surface area contributed by atoms with Crippen molar-refractivity contribution in [3.63, 3.8) is 0 Å². The van der Waals surface area contributed by atoms with Crippen LogP contribution in [-0.4, -0.2) is 10.7 Å². The smallest absolute Gasteiger partial charge is 0.0645 e. The molecule has 1 N–H and O–H groups in total. The van der Waals surface area contributed by atoms with Gasteiger partial charge in [0.25, 0.3) is 0 Å². The van der Waals surface area contributed by atoms with Crippen molar-refractivity contribution >= 4 is 0 Å². The third kappa shape index (κ3) is 2.75. The molecule has 0 bridgehead atoms. The molecule has 0 heterocycles. The van der Waals surface area contributed by atoms with Gasteiger partial charge in [0.1, 0.15) is 0 Å². The maximum atomic E-state index is 10.2. The summed E-state index contributed by atoms with van der Waals surface area (Å²) in [4.78, 5) is 0. The molecule has 0 aromatic carbocycles. The molecule has 2 fully saturated rings. The van der Waals surface area contributed by atoms with Crippen molar-refractivity contribution in [2.24, 2.45) is 11.8 Å². The van der Waals surface area contributed by atoms with E-state index in [1.807, 2.05) is 0 Å². The van der Waals surface area contributed by atoms with Gasteiger partial charge in [0, 0.05) is 0 Å². The summed E-state index contributed by atoms with van der Waals surface area (Å²) in [6.45, 7) is 2.13. The Labute approximate surface area is 94.3 Å². The zero-order valence-electron chi connectivity index (χ0n) is 10.2. The molecule has 2 aliphatic carbocycles. The van der Waals surface area contributed by atoms with Crippen LogP contribution in [0.2, 0.25) is 0 Å². The highest BCUT2D eigenvalue weighted by Crippen LogP contribution is 2.42. The third-order valence-electron chi connectivity index (χ3n) is 4.94. The van der Waals surface area contributed by atoms with E-state index in [9.17, 15) is 5.11 Å². The summed E-state index contributed by atoms with van der Waals surface area (Å²) in [5, 5.41) is 10.2. The lowest BCUT2D eigenvalue weighted by molar-refractivity contribution is -0.0228. The first-order valence-electron chi connectivity index (χ1n) is 6.96. The van der Waals surface area contributed by atoms with Gasteiger partial charge in [0.2, 0.25) is 0 Å². The Hall–Kier alpha value is -0.0400. The first-order valence-corrected chi connectivity index (χ1v) is 6.96. The van der Waals surface area contributed by atoms with E-state index >= 15 is 0 Å². The molecule has 0 amide bonds. The van der Waals surface area contributed by atoms with Gasteiger partial charge in [-0.25, -0.2) is 0 Å². The van der Waals surface area contributed by atoms with E-state index < -0.39 is 0 Å². The average molecular weight is 210 g/mol. The fraction of sp³-hybridized carbons (Fsp3) is 1.00. The summed E-state index contributed by atoms with van der Waals surface area (Å²) < 4.78 is 0. The maximum absolute atomic E-state index is 10.2. The normalized spacial score (nSPS) is 39.2. The summed E-state index contributed by atoms with van der Waals surface area (Å²) in [6.07, 6.45) is 13.0. The largest absolute Gasteiger partial charge is 0.390 e. The second kappa shape index (κ2) is 4.86. The molecule has 1 heteroatoms. The summed E-state index contributed by atoms with van der Waals surface area (Å²) in [5.74, 6) is 1.94. The molecule has 15 heavy (non-hydrogen) atoms. The van der Waals surface area contributed by atoms with Gasteiger partial charge >= 0.3 is 0 Å². The molecule has 2 rings (SSSR count). The van der Waals surface area contributed by atoms with Crippen molar-refractivity contribution in [2.75, 3.05) is 0 Å². The van der Waals surface area contributed by atoms with Crippen LogP contribution in [0.25, 0.3) is 0 Å². The molecule has 0 atom stereocenters. The van der Waals surface area contributed by atoms with Crippen LogP contribution < -0.4 is 0 Å². The molecule has 2 saturated carbocycles. The third-order valence-corrected chi connectivity index (χ3v) is 4.94. The second-order valence-electron chi connectivity index (χ2n) is 5.81. The first-order chi connectivity index (χ1) is 7.23. The van der Waals surface area contributed by atoms with Crippen molar-refractivity contribution < 1.29 is 5.11 Å². The number of hydrogen-bond acceptors (Lipinski definition) is 1. The average Bonchev–Trinajstić information content (AvgIpc) is 2.31. The highest BCUT2D eigenvalue weighted by molar-refractivity contribution is 4.87. The van der Waals surface area contributed by atoms with E-state index in [0.717, 1.165) is 31.1 Å². The van der Waals surface area contributed by atoms with E-state index in [1.54, 1.807) is 0 Å². The van der Waals surface area contributed by atoms with Gasteiger partial charge in [-0.1, -0.05) is 39.0 Å². The fourth-order valence-corrected chi connectivity index (χ4v) is 3.61. The highest BCUT2D eigenvalue weighted by atomic mass is 16.3. The fourth-order valence-electron chi connectivity index (χ4n) is 3.61. The van der Waals surface area contributed by atoms with Gasteiger partial charge in [-0.15, -0.1) is 0 Å². The van der Waals surface area contributed by atoms with Gasteiger partial charge in [-0.3, -0.25) is 0 Å². The molecule has 88 valence electrons. The molecule has 0 unspecified atom stereocenters. The molecule has 2 aliphatic rings. The van der Waals surface area contributed by atoms with E-state index in [2.05, 4.69) is 6.92 Å². The zero-order chi connectivity index (χ0) is 10.7. The molecule has 0 aromatic rings. The van der Waals surface area contributed by atoms with Gasteiger partial charge in [-0.2, -0.15) is 0 Å². The molecular formula is C14H26O. The molecule has 0 radical (unpaired) electrons. The highest BCUT2D eigenvalue weighted by Gasteiger charge is 2.34. The lowest BCUT2D eigenvalue weighted by Gasteiger charge is -2.39. The summed E-state index contributed by atoms with van der Waals surface area (Å²) >= 11 is 0. The Morgan fingerprint density at radius 2 is 1.47 bits per heavy atom. The Balaban J connectivity index is 1.82. The zero-order valence-corrected chi connectivity index (χ0v) is 10.2. The van der Waals surface area contributed by atoms with Crippen molar-refractivity contribution in [2.45, 2.75) is 76.7 Å². The van der Waals surface area contributed by atoms with Crippen LogP contribution in [0.1, 0.15) is 71.1 Å². The number of rotatable bonds is 2. The second-order valence-corrected chi connectivity index (χ2v) is 5.81. The van der Waals surface area contributed by atoms with E-state index in [4.69, 9.17) is 0 Å². The molecular weight excluding hydrogens is 184 g/mol. The quantitative estimate of drug-likeness (QED) is 0.733. The molecule has 1 nitrogen and oxygen atoms in total. The molecule has 0 saturated heterocycles. The predicted molar refractivity (Wildman–Crippen MR) is 63.8 cm³/mol. The van der Waals surface area contributed by atoms with Crippen LogP contribution >= 0.6 is 0 Å². The van der Waals surface area contributed by atoms with Gasteiger partial charge in [0.05, 0.1) is 5.60 Å². The van der Waals surface area contributed by atoms with Crippen LogP contribution in [0.15, 0.2) is 0 Å². The lowest BCUT2D eigenvalue weighted by atomic mass is 9.69. The van der Waals surface area contributed by atoms with Crippen molar-refractivity contribution in [1.82, 2.24) is 0 Å². The van der Waals surface area contributed by atoms with Gasteiger partial charge in [-0.05, 0) is 43.9 Å². The molecule has 0 aromatic heterocycles. The Morgan fingerprint density at radius 1 is 0.933 bits per heavy atom. The molecule has 0 aliphatic heterocycles. The van der Waals surface area contributed by atoms with Crippen LogP contribution in [0.4, 0.5) is 0 Å². The Morgan fingerprint density at radius 3 is 2.00 bits per heavy atom. The lowest BCUT2D eigenvalue weighted by Crippen LogP contribution is -2.35. The summed E-state index contributed by atoms with van der Waals surface area (Å²) in [7, 11) is 0. The van der Waals surface area contributed by atoms with Crippen LogP contribution in [0.3, 0.4) is 0 Å². The predicted octanol–water partition coefficient (Wildman–Crippen LogP) is 3.90. The van der Waals surface area contributed by atoms with Crippen LogP contribution in [-0.2, 0) is 0 Å². The Kier molecular flexibility index (Phi) is 3.71. The van der Waals surface area contributed by atoms with Crippen molar-refractivity contribution in [3.8, 4) is 0 Å². The monoisotopic (exact) mass is 210 g/mol. The van der Waals surface area contributed by atoms with E-state index in [-0.39, 0.29) is 5.60 Å². The number of hydrogen-bond donors (Lipinski definition) is 1. The van der Waals surface area contributed by atoms with Gasteiger partial charge in [0.15, 0.2) is 0 Å². The van der Waals surface area contributed by atoms with E-state index in [0.29, 0.717) is 0 Å². The summed E-state index contributed by atoms with van der Waals surface area (Å²) in [5.41, 5.74) is -0.300.